The van der Waals surface area contributed by atoms with Crippen molar-refractivity contribution in [2.24, 2.45) is 7.05 Å². The van der Waals surface area contributed by atoms with Crippen molar-refractivity contribution >= 4 is 0 Å². The van der Waals surface area contributed by atoms with E-state index in [1.807, 2.05) is 36.1 Å². The van der Waals surface area contributed by atoms with Gasteiger partial charge >= 0.3 is 0 Å². The van der Waals surface area contributed by atoms with Crippen LogP contribution >= 0.6 is 0 Å². The largest absolute Gasteiger partial charge is 0.286 e. The Bertz CT molecular complexity index is 408. The molecule has 2 rings (SSSR count). The summed E-state index contributed by atoms with van der Waals surface area (Å²) in [5, 5.41) is 0. The van der Waals surface area contributed by atoms with E-state index in [0.717, 1.165) is 5.69 Å². The van der Waals surface area contributed by atoms with E-state index in [4.69, 9.17) is 0 Å². The number of aryl methyl sites for hydroxylation is 2. The Morgan fingerprint density at radius 2 is 1.93 bits per heavy atom. The molecule has 0 aromatic carbocycles. The second-order valence-electron chi connectivity index (χ2n) is 3.27. The minimum atomic E-state index is 1.15. The van der Waals surface area contributed by atoms with Gasteiger partial charge in [0.25, 0.3) is 6.33 Å². The SMILES string of the molecule is Cc1cnccc1-c1ccnc[n+]1C. The number of nitrogens with zero attached hydrogens (tertiary/aromatic N) is 3. The van der Waals surface area contributed by atoms with E-state index in [0.29, 0.717) is 0 Å². The van der Waals surface area contributed by atoms with E-state index < -0.39 is 0 Å². The molecule has 0 saturated heterocycles. The van der Waals surface area contributed by atoms with Gasteiger partial charge in [-0.05, 0) is 18.6 Å². The highest BCUT2D eigenvalue weighted by Crippen LogP contribution is 2.17. The van der Waals surface area contributed by atoms with Crippen LogP contribution in [0.25, 0.3) is 11.3 Å². The molecule has 2 aromatic heterocycles. The molecule has 0 N–H and O–H groups in total. The van der Waals surface area contributed by atoms with Crippen molar-refractivity contribution in [3.05, 3.63) is 42.6 Å². The molecule has 3 nitrogen and oxygen atoms in total. The first kappa shape index (κ1) is 8.81. The van der Waals surface area contributed by atoms with Gasteiger partial charge in [-0.15, -0.1) is 0 Å². The van der Waals surface area contributed by atoms with E-state index in [1.165, 1.54) is 11.1 Å². The molecule has 0 radical (unpaired) electrons. The monoisotopic (exact) mass is 186 g/mol. The molecule has 0 amide bonds. The van der Waals surface area contributed by atoms with E-state index in [1.54, 1.807) is 12.5 Å². The van der Waals surface area contributed by atoms with Gasteiger partial charge in [-0.3, -0.25) is 4.98 Å². The molecule has 0 fully saturated rings. The Balaban J connectivity index is 2.61. The minimum Gasteiger partial charge on any atom is -0.264 e. The molecular weight excluding hydrogens is 174 g/mol. The summed E-state index contributed by atoms with van der Waals surface area (Å²) < 4.78 is 2.00. The lowest BCUT2D eigenvalue weighted by Gasteiger charge is -2.03. The van der Waals surface area contributed by atoms with Crippen LogP contribution in [-0.4, -0.2) is 9.97 Å². The molecule has 3 heteroatoms. The summed E-state index contributed by atoms with van der Waals surface area (Å²) in [5.74, 6) is 0. The van der Waals surface area contributed by atoms with Gasteiger partial charge in [-0.1, -0.05) is 4.98 Å². The van der Waals surface area contributed by atoms with E-state index in [2.05, 4.69) is 16.9 Å². The first-order chi connectivity index (χ1) is 6.79. The molecule has 0 aliphatic rings. The first-order valence-corrected chi connectivity index (χ1v) is 4.49. The summed E-state index contributed by atoms with van der Waals surface area (Å²) in [6, 6.07) is 4.02. The fraction of sp³-hybridized carbons (Fsp3) is 0.182. The van der Waals surface area contributed by atoms with Crippen LogP contribution in [0.5, 0.6) is 0 Å². The highest BCUT2D eigenvalue weighted by atomic mass is 15.0. The van der Waals surface area contributed by atoms with Gasteiger partial charge in [-0.25, -0.2) is 4.57 Å². The van der Waals surface area contributed by atoms with Crippen molar-refractivity contribution in [2.75, 3.05) is 0 Å². The third kappa shape index (κ3) is 1.48. The van der Waals surface area contributed by atoms with Crippen LogP contribution in [0.1, 0.15) is 5.56 Å². The molecule has 0 spiro atoms. The zero-order valence-electron chi connectivity index (χ0n) is 8.31. The van der Waals surface area contributed by atoms with E-state index >= 15 is 0 Å². The molecule has 2 aromatic rings. The Morgan fingerprint density at radius 1 is 1.14 bits per heavy atom. The summed E-state index contributed by atoms with van der Waals surface area (Å²) >= 11 is 0. The summed E-state index contributed by atoms with van der Waals surface area (Å²) in [6.07, 6.45) is 7.28. The maximum atomic E-state index is 4.08. The molecule has 0 aliphatic carbocycles. The van der Waals surface area contributed by atoms with Gasteiger partial charge in [0.15, 0.2) is 0 Å². The van der Waals surface area contributed by atoms with Crippen LogP contribution in [0.4, 0.5) is 0 Å². The maximum Gasteiger partial charge on any atom is 0.286 e. The molecule has 2 heterocycles. The number of pyridine rings is 1. The quantitative estimate of drug-likeness (QED) is 0.628. The van der Waals surface area contributed by atoms with Crippen LogP contribution in [0.3, 0.4) is 0 Å². The number of rotatable bonds is 1. The maximum absolute atomic E-state index is 4.08. The lowest BCUT2D eigenvalue weighted by molar-refractivity contribution is -0.663. The predicted octanol–water partition coefficient (Wildman–Crippen LogP) is 1.28. The van der Waals surface area contributed by atoms with Crippen LogP contribution in [0.15, 0.2) is 37.1 Å². The van der Waals surface area contributed by atoms with Gasteiger partial charge in [-0.2, -0.15) is 0 Å². The Labute approximate surface area is 83.1 Å². The molecule has 0 aliphatic heterocycles. The van der Waals surface area contributed by atoms with Crippen molar-refractivity contribution in [2.45, 2.75) is 6.92 Å². The molecule has 70 valence electrons. The molecule has 0 atom stereocenters. The lowest BCUT2D eigenvalue weighted by Crippen LogP contribution is -2.31. The van der Waals surface area contributed by atoms with Crippen molar-refractivity contribution in [3.63, 3.8) is 0 Å². The summed E-state index contributed by atoms with van der Waals surface area (Å²) in [5.41, 5.74) is 3.53. The van der Waals surface area contributed by atoms with Gasteiger partial charge in [0.1, 0.15) is 11.9 Å². The smallest absolute Gasteiger partial charge is 0.264 e. The standard InChI is InChI=1S/C11H12N3/c1-9-7-12-5-3-10(9)11-4-6-13-8-14(11)2/h3-8H,1-2H3/q+1. The van der Waals surface area contributed by atoms with Gasteiger partial charge in [0.05, 0.1) is 7.05 Å². The van der Waals surface area contributed by atoms with Crippen molar-refractivity contribution in [1.82, 2.24) is 9.97 Å². The number of hydrogen-bond donors (Lipinski definition) is 0. The zero-order chi connectivity index (χ0) is 9.97. The van der Waals surface area contributed by atoms with Crippen LogP contribution in [0, 0.1) is 6.92 Å². The van der Waals surface area contributed by atoms with Crippen molar-refractivity contribution in [1.29, 1.82) is 0 Å². The molecular formula is C11H12N3+. The second-order valence-corrected chi connectivity index (χ2v) is 3.27. The molecule has 0 unspecified atom stereocenters. The second kappa shape index (κ2) is 3.54. The predicted molar refractivity (Wildman–Crippen MR) is 53.4 cm³/mol. The number of aromatic nitrogens is 3. The molecule has 14 heavy (non-hydrogen) atoms. The molecule has 0 bridgehead atoms. The number of hydrogen-bond acceptors (Lipinski definition) is 2. The highest BCUT2D eigenvalue weighted by molar-refractivity contribution is 5.59. The van der Waals surface area contributed by atoms with Crippen LogP contribution < -0.4 is 4.57 Å². The fourth-order valence-electron chi connectivity index (χ4n) is 1.47. The van der Waals surface area contributed by atoms with Crippen LogP contribution in [-0.2, 0) is 7.05 Å². The van der Waals surface area contributed by atoms with Gasteiger partial charge in [0, 0.05) is 24.0 Å². The average Bonchev–Trinajstić information content (AvgIpc) is 2.20. The minimum absolute atomic E-state index is 1.15. The highest BCUT2D eigenvalue weighted by Gasteiger charge is 2.07. The average molecular weight is 186 g/mol. The Kier molecular flexibility index (Phi) is 2.23. The fourth-order valence-corrected chi connectivity index (χ4v) is 1.47. The summed E-state index contributed by atoms with van der Waals surface area (Å²) in [7, 11) is 1.99. The van der Waals surface area contributed by atoms with Crippen molar-refractivity contribution in [3.8, 4) is 11.3 Å². The normalized spacial score (nSPS) is 10.1. The van der Waals surface area contributed by atoms with Gasteiger partial charge in [0.2, 0.25) is 0 Å². The zero-order valence-corrected chi connectivity index (χ0v) is 8.31. The van der Waals surface area contributed by atoms with Crippen LogP contribution in [0.2, 0.25) is 0 Å². The third-order valence-corrected chi connectivity index (χ3v) is 2.23. The Morgan fingerprint density at radius 3 is 2.64 bits per heavy atom. The summed E-state index contributed by atoms with van der Waals surface area (Å²) in [6.45, 7) is 2.06. The topological polar surface area (TPSA) is 29.7 Å². The lowest BCUT2D eigenvalue weighted by atomic mass is 10.1. The third-order valence-electron chi connectivity index (χ3n) is 2.23. The van der Waals surface area contributed by atoms with E-state index in [9.17, 15) is 0 Å². The first-order valence-electron chi connectivity index (χ1n) is 4.49. The Hall–Kier alpha value is -1.77. The van der Waals surface area contributed by atoms with E-state index in [-0.39, 0.29) is 0 Å². The van der Waals surface area contributed by atoms with Gasteiger partial charge < -0.3 is 0 Å². The summed E-state index contributed by atoms with van der Waals surface area (Å²) in [4.78, 5) is 8.12. The van der Waals surface area contributed by atoms with Crippen molar-refractivity contribution < 1.29 is 4.57 Å². The molecule has 0 saturated carbocycles.